The second kappa shape index (κ2) is 81.5. The van der Waals surface area contributed by atoms with Gasteiger partial charge in [-0.15, -0.1) is 0 Å². The van der Waals surface area contributed by atoms with Gasteiger partial charge in [0.2, 0.25) is 15.6 Å². The molecule has 0 aromatic heterocycles. The first-order valence-electron chi connectivity index (χ1n) is 54.9. The summed E-state index contributed by atoms with van der Waals surface area (Å²) in [6.45, 7) is 10.4. The number of para-hydroxylation sites is 2. The number of alkyl halides is 3. The molecule has 0 spiro atoms. The standard InChI is InChI=1S/C113H181Cl3N3O21P/c1-7-13-19-25-31-34-40-43-57-75-98(134-104(122)78-64-46-37-28-22-16-10-4)81-102(120)117-94(86-128-84-92-67-53-49-54-68-92)88-130-109-101(90-133-141(127,139-96-71-60-51-61-72-96)140-97-73-62-52-63-74-97)137-111(108(119-112(126)132-91-113(114,115)116)110(109)138-107(125)83-100(77-59-45-42-36-33-27-21-15-9-3)136-106(124)80-66-48-39-30-24-18-12-6)131-89-95(87-129-85-93-69-55-50-56-70-93)118-103(121)82-99(76-58-44-41-35-32-26-20-14-8-2)135-105(123)79-65-47-38-29-23-17-11-5/h49-56,60-63,67-74,94-95,98-101,108-111H,7-48,57-59,64-66,75-91H2,1-6H3,(H,117,120)(H,118,121)(H,119,126)/t94-,95-,98-,99-,100-,101-,108+,109-,110-,111+/m1/s1. The van der Waals surface area contributed by atoms with Crippen LogP contribution in [0.5, 0.6) is 11.5 Å². The van der Waals surface area contributed by atoms with Gasteiger partial charge in [-0.25, -0.2) is 9.36 Å². The van der Waals surface area contributed by atoms with Gasteiger partial charge in [0.1, 0.15) is 54.7 Å². The first-order valence-corrected chi connectivity index (χ1v) is 57.5. The number of rotatable bonds is 89. The van der Waals surface area contributed by atoms with Gasteiger partial charge in [0.15, 0.2) is 12.4 Å². The molecular weight excluding hydrogens is 1870 g/mol. The Bertz CT molecular complexity index is 3800. The third-order valence-corrected chi connectivity index (χ3v) is 27.0. The average Bonchev–Trinajstić information content (AvgIpc) is 0.777. The lowest BCUT2D eigenvalue weighted by molar-refractivity contribution is -0.282. The van der Waals surface area contributed by atoms with Gasteiger partial charge in [0.05, 0.1) is 77.6 Å². The lowest BCUT2D eigenvalue weighted by Gasteiger charge is -2.46. The third kappa shape index (κ3) is 64.2. The quantitative estimate of drug-likeness (QED) is 0.0122. The zero-order valence-corrected chi connectivity index (χ0v) is 90.1. The molecule has 4 aromatic rings. The summed E-state index contributed by atoms with van der Waals surface area (Å²) in [5.41, 5.74) is 1.64. The van der Waals surface area contributed by atoms with Crippen molar-refractivity contribution in [2.45, 2.75) is 486 Å². The molecule has 141 heavy (non-hydrogen) atoms. The van der Waals surface area contributed by atoms with Crippen LogP contribution in [0.3, 0.4) is 0 Å². The number of carbonyl (C=O) groups is 7. The van der Waals surface area contributed by atoms with Crippen molar-refractivity contribution in [3.8, 4) is 11.5 Å². The molecule has 4 aromatic carbocycles. The minimum Gasteiger partial charge on any atom is -0.462 e. The van der Waals surface area contributed by atoms with E-state index in [0.29, 0.717) is 44.9 Å². The van der Waals surface area contributed by atoms with E-state index in [1.807, 2.05) is 60.7 Å². The molecule has 1 heterocycles. The minimum atomic E-state index is -4.92. The minimum absolute atomic E-state index is 0.0860. The summed E-state index contributed by atoms with van der Waals surface area (Å²) in [5.74, 6) is -2.98. The van der Waals surface area contributed by atoms with Crippen molar-refractivity contribution in [3.05, 3.63) is 132 Å². The maximum Gasteiger partial charge on any atom is 0.587 e. The van der Waals surface area contributed by atoms with Gasteiger partial charge in [-0.3, -0.25) is 33.3 Å². The molecule has 3 N–H and O–H groups in total. The van der Waals surface area contributed by atoms with E-state index in [4.69, 9.17) is 95.7 Å². The first kappa shape index (κ1) is 125. The molecule has 0 aliphatic carbocycles. The van der Waals surface area contributed by atoms with Crippen LogP contribution in [-0.2, 0) is 98.4 Å². The van der Waals surface area contributed by atoms with Crippen LogP contribution in [0.15, 0.2) is 121 Å². The Morgan fingerprint density at radius 1 is 0.369 bits per heavy atom. The van der Waals surface area contributed by atoms with Gasteiger partial charge in [0.25, 0.3) is 0 Å². The smallest absolute Gasteiger partial charge is 0.462 e. The number of carbonyl (C=O) groups excluding carboxylic acids is 7. The van der Waals surface area contributed by atoms with E-state index in [-0.39, 0.29) is 88.4 Å². The van der Waals surface area contributed by atoms with Crippen LogP contribution in [0.2, 0.25) is 0 Å². The number of hydrogen-bond acceptors (Lipinski definition) is 21. The van der Waals surface area contributed by atoms with E-state index in [0.717, 1.165) is 242 Å². The molecule has 800 valence electrons. The zero-order valence-electron chi connectivity index (χ0n) is 86.9. The van der Waals surface area contributed by atoms with Crippen molar-refractivity contribution in [3.63, 3.8) is 0 Å². The largest absolute Gasteiger partial charge is 0.587 e. The summed E-state index contributed by atoms with van der Waals surface area (Å²) in [4.78, 5) is 103. The summed E-state index contributed by atoms with van der Waals surface area (Å²) in [5, 5.41) is 9.12. The Kier molecular flexibility index (Phi) is 72.2. The van der Waals surface area contributed by atoms with E-state index in [9.17, 15) is 19.2 Å². The molecule has 1 saturated heterocycles. The highest BCUT2D eigenvalue weighted by molar-refractivity contribution is 7.49. The molecule has 0 unspecified atom stereocenters. The highest BCUT2D eigenvalue weighted by Crippen LogP contribution is 2.50. The Morgan fingerprint density at radius 3 is 1.02 bits per heavy atom. The Balaban J connectivity index is 1.73. The number of alkyl carbamates (subject to hydrolysis) is 1. The van der Waals surface area contributed by atoms with Crippen molar-refractivity contribution >= 4 is 84.4 Å². The highest BCUT2D eigenvalue weighted by Gasteiger charge is 2.53. The van der Waals surface area contributed by atoms with Crippen molar-refractivity contribution in [1.82, 2.24) is 16.0 Å². The van der Waals surface area contributed by atoms with Crippen LogP contribution < -0.4 is 25.0 Å². The molecular formula is C113H181Cl3N3O21P. The van der Waals surface area contributed by atoms with Crippen molar-refractivity contribution < 1.29 is 99.1 Å². The molecule has 10 atom stereocenters. The number of unbranched alkanes of at least 4 members (excludes halogenated alkanes) is 42. The van der Waals surface area contributed by atoms with Gasteiger partial charge in [-0.05, 0) is 93.2 Å². The Hall–Kier alpha value is -6.57. The summed E-state index contributed by atoms with van der Waals surface area (Å²) in [6.07, 6.45) is 38.9. The number of hydrogen-bond donors (Lipinski definition) is 3. The van der Waals surface area contributed by atoms with Crippen LogP contribution in [0.4, 0.5) is 4.79 Å². The average molecular weight is 2060 g/mol. The molecule has 1 fully saturated rings. The van der Waals surface area contributed by atoms with Crippen molar-refractivity contribution in [1.29, 1.82) is 0 Å². The summed E-state index contributed by atoms with van der Waals surface area (Å²) < 4.78 is 98.6. The maximum atomic E-state index is 15.9. The molecule has 0 saturated carbocycles. The van der Waals surface area contributed by atoms with E-state index in [1.54, 1.807) is 60.7 Å². The highest BCUT2D eigenvalue weighted by atomic mass is 35.6. The molecule has 3 amide bonds. The van der Waals surface area contributed by atoms with Crippen LogP contribution in [-0.4, -0.2) is 146 Å². The summed E-state index contributed by atoms with van der Waals surface area (Å²) in [6, 6.07) is 31.5. The van der Waals surface area contributed by atoms with E-state index < -0.39 is 135 Å². The first-order chi connectivity index (χ1) is 68.6. The number of phosphoric ester groups is 1. The fraction of sp³-hybridized carbons (Fsp3) is 0.726. The molecule has 24 nitrogen and oxygen atoms in total. The second-order valence-electron chi connectivity index (χ2n) is 38.5. The number of benzene rings is 4. The third-order valence-electron chi connectivity index (χ3n) is 25.4. The lowest BCUT2D eigenvalue weighted by atomic mass is 9.96. The number of phosphoric acid groups is 1. The summed E-state index contributed by atoms with van der Waals surface area (Å²) >= 11 is 19.0. The molecule has 1 aliphatic rings. The van der Waals surface area contributed by atoms with Gasteiger partial charge >= 0.3 is 37.8 Å². The molecule has 0 bridgehead atoms. The zero-order chi connectivity index (χ0) is 102. The summed E-state index contributed by atoms with van der Waals surface area (Å²) in [7, 11) is -4.92. The lowest BCUT2D eigenvalue weighted by Crippen LogP contribution is -2.67. The maximum absolute atomic E-state index is 15.9. The van der Waals surface area contributed by atoms with Crippen LogP contribution in [0, 0.1) is 0 Å². The second-order valence-corrected chi connectivity index (χ2v) is 42.5. The van der Waals surface area contributed by atoms with E-state index in [2.05, 4.69) is 57.5 Å². The Morgan fingerprint density at radius 2 is 0.681 bits per heavy atom. The number of nitrogens with one attached hydrogen (secondary N) is 3. The molecule has 28 heteroatoms. The predicted octanol–water partition coefficient (Wildman–Crippen LogP) is 29.3. The van der Waals surface area contributed by atoms with Crippen molar-refractivity contribution in [2.75, 3.05) is 39.6 Å². The molecule has 1 aliphatic heterocycles. The van der Waals surface area contributed by atoms with Crippen LogP contribution >= 0.6 is 42.6 Å². The topological polar surface area (TPSA) is 293 Å². The Labute approximate surface area is 863 Å². The van der Waals surface area contributed by atoms with Gasteiger partial charge in [-0.2, -0.15) is 0 Å². The predicted molar refractivity (Wildman–Crippen MR) is 563 cm³/mol. The monoisotopic (exact) mass is 2050 g/mol. The van der Waals surface area contributed by atoms with Gasteiger partial charge in [-0.1, -0.05) is 443 Å². The van der Waals surface area contributed by atoms with Crippen molar-refractivity contribution in [2.24, 2.45) is 0 Å². The number of amides is 3. The van der Waals surface area contributed by atoms with Crippen LogP contribution in [0.1, 0.15) is 419 Å². The van der Waals surface area contributed by atoms with E-state index in [1.165, 1.54) is 44.9 Å². The van der Waals surface area contributed by atoms with E-state index >= 15 is 18.9 Å². The fourth-order valence-electron chi connectivity index (χ4n) is 17.4. The van der Waals surface area contributed by atoms with Gasteiger partial charge < -0.3 is 72.4 Å². The van der Waals surface area contributed by atoms with Crippen LogP contribution in [0.25, 0.3) is 0 Å². The number of esters is 4. The number of ether oxygens (including phenoxy) is 10. The molecule has 5 rings (SSSR count). The molecule has 0 radical (unpaired) electrons. The van der Waals surface area contributed by atoms with Gasteiger partial charge in [0, 0.05) is 19.3 Å². The normalized spacial score (nSPS) is 16.0. The fourth-order valence-corrected chi connectivity index (χ4v) is 18.8. The SMILES string of the molecule is CCCCCCCCCCC[C@H](CC(=O)N[C@H](COCc1ccccc1)CO[C@H]1O[C@H](COP(=O)(Oc2ccccc2)Oc2ccccc2)[C@@H](OC[C@@H](COCc2ccccc2)NC(=O)C[C@@H](CCCCCCCCCCC)OC(=O)CCCCCCCCC)[C@H](OC(=O)C[C@@H](CCCCCCCCCCC)OC(=O)CCCCCCCCC)[C@@H]1NC(=O)OCC(Cl)(Cl)Cl)OC(=O)CCCCCCCCC. The number of halogens is 3.